The fraction of sp³-hybridized carbons (Fsp3) is 0.900. The molecule has 0 bridgehead atoms. The Balaban J connectivity index is 1.95. The summed E-state index contributed by atoms with van der Waals surface area (Å²) in [6.07, 6.45) is 5.43. The molecule has 0 radical (unpaired) electrons. The Labute approximate surface area is 79.3 Å². The van der Waals surface area contributed by atoms with E-state index in [4.69, 9.17) is 0 Å². The van der Waals surface area contributed by atoms with Gasteiger partial charge in [-0.1, -0.05) is 0 Å². The largest absolute Gasteiger partial charge is 0.349 e. The number of amides is 1. The predicted octanol–water partition coefficient (Wildman–Crippen LogP) is 0.797. The third-order valence-corrected chi connectivity index (χ3v) is 3.54. The molecular formula is C10H18N2O. The van der Waals surface area contributed by atoms with Gasteiger partial charge in [-0.3, -0.25) is 4.79 Å². The minimum absolute atomic E-state index is 0.122. The number of carbonyl (C=O) groups is 1. The van der Waals surface area contributed by atoms with Crippen molar-refractivity contribution in [1.29, 1.82) is 0 Å². The van der Waals surface area contributed by atoms with Crippen LogP contribution in [0.4, 0.5) is 0 Å². The van der Waals surface area contributed by atoms with Crippen molar-refractivity contribution in [2.45, 2.75) is 50.1 Å². The highest BCUT2D eigenvalue weighted by molar-refractivity contribution is 5.88. The second-order valence-electron chi connectivity index (χ2n) is 4.70. The predicted molar refractivity (Wildman–Crippen MR) is 51.4 cm³/mol. The molecule has 0 aromatic rings. The van der Waals surface area contributed by atoms with Crippen molar-refractivity contribution in [1.82, 2.24) is 10.6 Å². The summed E-state index contributed by atoms with van der Waals surface area (Å²) in [4.78, 5) is 11.9. The summed E-state index contributed by atoms with van der Waals surface area (Å²) < 4.78 is 0. The Hall–Kier alpha value is -0.570. The summed E-state index contributed by atoms with van der Waals surface area (Å²) in [5, 5.41) is 6.28. The quantitative estimate of drug-likeness (QED) is 0.677. The SMILES string of the molecule is CNC1(C(=O)NC2(C)CC2)CCC1. The number of rotatable bonds is 3. The molecule has 3 nitrogen and oxygen atoms in total. The second kappa shape index (κ2) is 2.71. The van der Waals surface area contributed by atoms with Gasteiger partial charge in [0.2, 0.25) is 5.91 Å². The molecule has 13 heavy (non-hydrogen) atoms. The molecule has 0 saturated heterocycles. The molecule has 2 aliphatic rings. The molecule has 0 aromatic carbocycles. The summed E-state index contributed by atoms with van der Waals surface area (Å²) in [7, 11) is 1.88. The number of hydrogen-bond donors (Lipinski definition) is 2. The zero-order valence-electron chi connectivity index (χ0n) is 8.44. The first-order valence-electron chi connectivity index (χ1n) is 5.12. The van der Waals surface area contributed by atoms with Gasteiger partial charge in [-0.2, -0.15) is 0 Å². The van der Waals surface area contributed by atoms with Gasteiger partial charge >= 0.3 is 0 Å². The highest BCUT2D eigenvalue weighted by Crippen LogP contribution is 2.37. The Morgan fingerprint density at radius 1 is 1.23 bits per heavy atom. The molecule has 2 fully saturated rings. The lowest BCUT2D eigenvalue weighted by Crippen LogP contribution is -2.61. The highest BCUT2D eigenvalue weighted by atomic mass is 16.2. The van der Waals surface area contributed by atoms with Crippen LogP contribution < -0.4 is 10.6 Å². The highest BCUT2D eigenvalue weighted by Gasteiger charge is 2.47. The fourth-order valence-electron chi connectivity index (χ4n) is 1.83. The average Bonchev–Trinajstić information content (AvgIpc) is 2.66. The number of likely N-dealkylation sites (N-methyl/N-ethyl adjacent to an activating group) is 1. The molecule has 0 atom stereocenters. The Morgan fingerprint density at radius 2 is 1.85 bits per heavy atom. The summed E-state index contributed by atoms with van der Waals surface area (Å²) in [5.74, 6) is 0.209. The molecule has 2 aliphatic carbocycles. The van der Waals surface area contributed by atoms with E-state index in [1.165, 1.54) is 6.42 Å². The first kappa shape index (κ1) is 9.00. The maximum Gasteiger partial charge on any atom is 0.240 e. The van der Waals surface area contributed by atoms with Crippen LogP contribution in [0, 0.1) is 0 Å². The summed E-state index contributed by atoms with van der Waals surface area (Å²) in [6.45, 7) is 2.12. The van der Waals surface area contributed by atoms with E-state index in [1.54, 1.807) is 0 Å². The van der Waals surface area contributed by atoms with E-state index in [9.17, 15) is 4.79 Å². The van der Waals surface area contributed by atoms with E-state index in [0.29, 0.717) is 0 Å². The van der Waals surface area contributed by atoms with Gasteiger partial charge in [0.1, 0.15) is 0 Å². The van der Waals surface area contributed by atoms with Crippen LogP contribution in [0.1, 0.15) is 39.0 Å². The minimum atomic E-state index is -0.231. The van der Waals surface area contributed by atoms with Gasteiger partial charge < -0.3 is 10.6 Å². The van der Waals surface area contributed by atoms with E-state index < -0.39 is 0 Å². The Bertz CT molecular complexity index is 224. The molecule has 0 spiro atoms. The minimum Gasteiger partial charge on any atom is -0.349 e. The van der Waals surface area contributed by atoms with Crippen LogP contribution >= 0.6 is 0 Å². The van der Waals surface area contributed by atoms with Crippen molar-refractivity contribution in [2.24, 2.45) is 0 Å². The standard InChI is InChI=1S/C10H18N2O/c1-9(6-7-9)12-8(13)10(11-2)4-3-5-10/h11H,3-7H2,1-2H3,(H,12,13). The van der Waals surface area contributed by atoms with Crippen LogP contribution in [-0.4, -0.2) is 24.0 Å². The van der Waals surface area contributed by atoms with Crippen molar-refractivity contribution in [2.75, 3.05) is 7.05 Å². The van der Waals surface area contributed by atoms with Crippen LogP contribution in [0.3, 0.4) is 0 Å². The van der Waals surface area contributed by atoms with E-state index in [1.807, 2.05) is 7.05 Å². The first-order valence-corrected chi connectivity index (χ1v) is 5.12. The maximum atomic E-state index is 11.9. The first-order chi connectivity index (χ1) is 6.10. The summed E-state index contributed by atoms with van der Waals surface area (Å²) >= 11 is 0. The average molecular weight is 182 g/mol. The molecule has 0 aliphatic heterocycles. The zero-order valence-corrected chi connectivity index (χ0v) is 8.44. The molecule has 2 N–H and O–H groups in total. The van der Waals surface area contributed by atoms with Crippen LogP contribution in [0.5, 0.6) is 0 Å². The number of carbonyl (C=O) groups excluding carboxylic acids is 1. The van der Waals surface area contributed by atoms with Gasteiger partial charge in [0.15, 0.2) is 0 Å². The van der Waals surface area contributed by atoms with Gasteiger partial charge in [-0.25, -0.2) is 0 Å². The van der Waals surface area contributed by atoms with Gasteiger partial charge in [0, 0.05) is 5.54 Å². The normalized spacial score (nSPS) is 27.5. The van der Waals surface area contributed by atoms with Crippen LogP contribution in [-0.2, 0) is 4.79 Å². The Morgan fingerprint density at radius 3 is 2.15 bits per heavy atom. The van der Waals surface area contributed by atoms with E-state index in [2.05, 4.69) is 17.6 Å². The van der Waals surface area contributed by atoms with Gasteiger partial charge in [-0.05, 0) is 46.1 Å². The van der Waals surface area contributed by atoms with E-state index in [0.717, 1.165) is 25.7 Å². The number of nitrogens with one attached hydrogen (secondary N) is 2. The third kappa shape index (κ3) is 1.46. The lowest BCUT2D eigenvalue weighted by molar-refractivity contribution is -0.131. The molecule has 1 amide bonds. The van der Waals surface area contributed by atoms with Gasteiger partial charge in [0.05, 0.1) is 5.54 Å². The summed E-state index contributed by atoms with van der Waals surface area (Å²) in [5.41, 5.74) is -0.109. The monoisotopic (exact) mass is 182 g/mol. The van der Waals surface area contributed by atoms with Crippen molar-refractivity contribution >= 4 is 5.91 Å². The molecule has 0 unspecified atom stereocenters. The fourth-order valence-corrected chi connectivity index (χ4v) is 1.83. The molecule has 74 valence electrons. The van der Waals surface area contributed by atoms with Crippen molar-refractivity contribution < 1.29 is 4.79 Å². The van der Waals surface area contributed by atoms with Crippen molar-refractivity contribution in [3.8, 4) is 0 Å². The smallest absolute Gasteiger partial charge is 0.240 e. The zero-order chi connectivity index (χ0) is 9.53. The topological polar surface area (TPSA) is 41.1 Å². The lowest BCUT2D eigenvalue weighted by Gasteiger charge is -2.40. The van der Waals surface area contributed by atoms with Crippen LogP contribution in [0.15, 0.2) is 0 Å². The molecular weight excluding hydrogens is 164 g/mol. The molecule has 2 rings (SSSR count). The van der Waals surface area contributed by atoms with E-state index >= 15 is 0 Å². The van der Waals surface area contributed by atoms with E-state index in [-0.39, 0.29) is 17.0 Å². The third-order valence-electron chi connectivity index (χ3n) is 3.54. The molecule has 0 aromatic heterocycles. The van der Waals surface area contributed by atoms with Gasteiger partial charge in [0.25, 0.3) is 0 Å². The summed E-state index contributed by atoms with van der Waals surface area (Å²) in [6, 6.07) is 0. The van der Waals surface area contributed by atoms with Gasteiger partial charge in [-0.15, -0.1) is 0 Å². The second-order valence-corrected chi connectivity index (χ2v) is 4.70. The molecule has 2 saturated carbocycles. The van der Waals surface area contributed by atoms with Crippen LogP contribution in [0.25, 0.3) is 0 Å². The molecule has 3 heteroatoms. The van der Waals surface area contributed by atoms with Crippen LogP contribution in [0.2, 0.25) is 0 Å². The number of hydrogen-bond acceptors (Lipinski definition) is 2. The Kier molecular flexibility index (Phi) is 1.88. The lowest BCUT2D eigenvalue weighted by atomic mass is 9.76. The van der Waals surface area contributed by atoms with Crippen molar-refractivity contribution in [3.63, 3.8) is 0 Å². The molecule has 0 heterocycles. The maximum absolute atomic E-state index is 11.9. The van der Waals surface area contributed by atoms with Crippen molar-refractivity contribution in [3.05, 3.63) is 0 Å².